The molecule has 0 N–H and O–H groups in total. The Morgan fingerprint density at radius 3 is 1.55 bits per heavy atom. The van der Waals surface area contributed by atoms with Crippen molar-refractivity contribution in [1.82, 2.24) is 0 Å². The van der Waals surface area contributed by atoms with Crippen molar-refractivity contribution in [2.75, 3.05) is 23.9 Å². The van der Waals surface area contributed by atoms with Gasteiger partial charge in [-0.15, -0.1) is 5.70 Å². The molecular weight excluding hydrogens is 260 g/mol. The van der Waals surface area contributed by atoms with Crippen molar-refractivity contribution in [1.29, 1.82) is 0 Å². The summed E-state index contributed by atoms with van der Waals surface area (Å²) in [4.78, 5) is 4.48. The molecule has 2 rings (SSSR count). The molecule has 0 amide bonds. The van der Waals surface area contributed by atoms with Gasteiger partial charge in [-0.2, -0.15) is 0 Å². The molecule has 0 saturated heterocycles. The summed E-state index contributed by atoms with van der Waals surface area (Å²) in [5.41, 5.74) is 4.28. The number of anilines is 2. The van der Waals surface area contributed by atoms with Crippen molar-refractivity contribution in [2.45, 2.75) is 6.17 Å². The van der Waals surface area contributed by atoms with Crippen LogP contribution in [0, 0.1) is 0 Å². The maximum Gasteiger partial charge on any atom is 0.120 e. The second-order valence-corrected chi connectivity index (χ2v) is 5.00. The van der Waals surface area contributed by atoms with Crippen molar-refractivity contribution in [3.63, 3.8) is 0 Å². The Balaban J connectivity index is 2.27. The Morgan fingerprint density at radius 1 is 0.800 bits per heavy atom. The molecule has 0 saturated carbocycles. The quantitative estimate of drug-likeness (QED) is 0.612. The highest BCUT2D eigenvalue weighted by molar-refractivity contribution is 6.17. The third-order valence-electron chi connectivity index (χ3n) is 3.39. The number of benzene rings is 2. The van der Waals surface area contributed by atoms with Crippen LogP contribution >= 0.6 is 0 Å². The highest BCUT2D eigenvalue weighted by Crippen LogP contribution is 2.21. The molecule has 0 aliphatic rings. The predicted octanol–water partition coefficient (Wildman–Crippen LogP) is 3.27. The van der Waals surface area contributed by atoms with Crippen molar-refractivity contribution in [3.05, 3.63) is 72.4 Å². The van der Waals surface area contributed by atoms with Crippen LogP contribution < -0.4 is 9.80 Å². The highest BCUT2D eigenvalue weighted by Gasteiger charge is 2.17. The summed E-state index contributed by atoms with van der Waals surface area (Å²) in [5, 5.41) is 0. The van der Waals surface area contributed by atoms with Crippen molar-refractivity contribution >= 4 is 21.6 Å². The number of para-hydroxylation sites is 2. The van der Waals surface area contributed by atoms with E-state index in [0.29, 0.717) is 0 Å². The normalized spacial score (nSPS) is 11.0. The van der Waals surface area contributed by atoms with Gasteiger partial charge in [0, 0.05) is 25.5 Å². The molecule has 0 aromatic heterocycles. The van der Waals surface area contributed by atoms with E-state index in [1.807, 2.05) is 17.8 Å². The second kappa shape index (κ2) is 6.96. The fraction of sp³-hybridized carbons (Fsp3) is 0.176. The van der Waals surface area contributed by atoms with Gasteiger partial charge in [0.1, 0.15) is 6.17 Å². The SMILES string of the molecule is CN(c1ccccc1)C(C=C[Si])N(C)c1ccccc1. The molecule has 0 atom stereocenters. The molecule has 101 valence electrons. The largest absolute Gasteiger partial charge is 0.351 e. The predicted molar refractivity (Wildman–Crippen MR) is 88.4 cm³/mol. The van der Waals surface area contributed by atoms with Crippen LogP contribution in [0.15, 0.2) is 72.4 Å². The lowest BCUT2D eigenvalue weighted by Crippen LogP contribution is -2.43. The molecule has 20 heavy (non-hydrogen) atoms. The Hall–Kier alpha value is -2.00. The molecule has 2 aromatic rings. The Morgan fingerprint density at radius 2 is 1.20 bits per heavy atom. The minimum absolute atomic E-state index is 0.136. The second-order valence-electron chi connectivity index (χ2n) is 4.67. The Labute approximate surface area is 124 Å². The zero-order valence-electron chi connectivity index (χ0n) is 11.9. The summed E-state index contributed by atoms with van der Waals surface area (Å²) in [6.45, 7) is 0. The number of hydrogen-bond acceptors (Lipinski definition) is 2. The van der Waals surface area contributed by atoms with E-state index in [4.69, 9.17) is 0 Å². The van der Waals surface area contributed by atoms with Crippen molar-refractivity contribution < 1.29 is 0 Å². The third-order valence-corrected chi connectivity index (χ3v) is 3.58. The summed E-state index contributed by atoms with van der Waals surface area (Å²) >= 11 is 0. The first kappa shape index (κ1) is 14.4. The molecule has 0 fully saturated rings. The molecule has 0 spiro atoms. The summed E-state index contributed by atoms with van der Waals surface area (Å²) in [5.74, 6) is 0. The van der Waals surface area contributed by atoms with E-state index in [-0.39, 0.29) is 6.17 Å². The van der Waals surface area contributed by atoms with Gasteiger partial charge in [-0.05, 0) is 24.3 Å². The number of rotatable bonds is 5. The van der Waals surface area contributed by atoms with Crippen LogP contribution in [0.25, 0.3) is 0 Å². The van der Waals surface area contributed by atoms with Gasteiger partial charge in [0.05, 0.1) is 10.2 Å². The molecule has 0 unspecified atom stereocenters. The smallest absolute Gasteiger partial charge is 0.120 e. The molecule has 3 radical (unpaired) electrons. The number of hydrogen-bond donors (Lipinski definition) is 0. The van der Waals surface area contributed by atoms with E-state index in [1.54, 1.807) is 0 Å². The lowest BCUT2D eigenvalue weighted by Gasteiger charge is -2.36. The maximum absolute atomic E-state index is 3.45. The molecular formula is C17H19N2Si. The van der Waals surface area contributed by atoms with Crippen LogP contribution in [0.1, 0.15) is 0 Å². The molecule has 3 heteroatoms. The average Bonchev–Trinajstić information content (AvgIpc) is 2.53. The van der Waals surface area contributed by atoms with Crippen LogP contribution in [0.3, 0.4) is 0 Å². The molecule has 0 bridgehead atoms. The van der Waals surface area contributed by atoms with Gasteiger partial charge in [0.25, 0.3) is 0 Å². The Kier molecular flexibility index (Phi) is 5.01. The van der Waals surface area contributed by atoms with E-state index >= 15 is 0 Å². The van der Waals surface area contributed by atoms with Crippen LogP contribution in [0.4, 0.5) is 11.4 Å². The maximum atomic E-state index is 3.45. The van der Waals surface area contributed by atoms with Gasteiger partial charge >= 0.3 is 0 Å². The van der Waals surface area contributed by atoms with Gasteiger partial charge < -0.3 is 9.80 Å². The minimum Gasteiger partial charge on any atom is -0.351 e. The first-order chi connectivity index (χ1) is 9.74. The molecule has 2 nitrogen and oxygen atoms in total. The standard InChI is InChI=1S/C17H19N2Si/c1-18(15-9-5-3-6-10-15)17(13-14-20)19(2)16-11-7-4-8-12-16/h3-14,17H,1-2H3. The lowest BCUT2D eigenvalue weighted by atomic mass is 10.2. The van der Waals surface area contributed by atoms with E-state index in [0.717, 1.165) is 0 Å². The lowest BCUT2D eigenvalue weighted by molar-refractivity contribution is 0.728. The van der Waals surface area contributed by atoms with E-state index in [2.05, 4.69) is 88.7 Å². The monoisotopic (exact) mass is 279 g/mol. The van der Waals surface area contributed by atoms with E-state index < -0.39 is 0 Å². The molecule has 0 heterocycles. The van der Waals surface area contributed by atoms with Gasteiger partial charge in [-0.25, -0.2) is 0 Å². The Bertz CT molecular complexity index is 494. The van der Waals surface area contributed by atoms with Gasteiger partial charge in [0.2, 0.25) is 0 Å². The number of nitrogens with zero attached hydrogens (tertiary/aromatic N) is 2. The van der Waals surface area contributed by atoms with Crippen LogP contribution in [0.2, 0.25) is 0 Å². The van der Waals surface area contributed by atoms with E-state index in [1.165, 1.54) is 11.4 Å². The van der Waals surface area contributed by atoms with Crippen LogP contribution in [-0.4, -0.2) is 30.5 Å². The topological polar surface area (TPSA) is 6.48 Å². The highest BCUT2D eigenvalue weighted by atomic mass is 28.1. The first-order valence-electron chi connectivity index (χ1n) is 6.63. The zero-order valence-corrected chi connectivity index (χ0v) is 12.9. The van der Waals surface area contributed by atoms with Crippen LogP contribution in [-0.2, 0) is 0 Å². The van der Waals surface area contributed by atoms with E-state index in [9.17, 15) is 0 Å². The fourth-order valence-electron chi connectivity index (χ4n) is 2.24. The average molecular weight is 279 g/mol. The molecule has 2 aromatic carbocycles. The first-order valence-corrected chi connectivity index (χ1v) is 7.21. The molecule has 0 aliphatic carbocycles. The molecule has 0 aliphatic heterocycles. The summed E-state index contributed by atoms with van der Waals surface area (Å²) in [6, 6.07) is 20.8. The summed E-state index contributed by atoms with van der Waals surface area (Å²) < 4.78 is 0. The van der Waals surface area contributed by atoms with Gasteiger partial charge in [0.15, 0.2) is 0 Å². The zero-order chi connectivity index (χ0) is 14.4. The summed E-state index contributed by atoms with van der Waals surface area (Å²) in [6.07, 6.45) is 2.26. The van der Waals surface area contributed by atoms with Gasteiger partial charge in [-0.1, -0.05) is 42.5 Å². The van der Waals surface area contributed by atoms with Crippen molar-refractivity contribution in [3.8, 4) is 0 Å². The van der Waals surface area contributed by atoms with Crippen molar-refractivity contribution in [2.24, 2.45) is 0 Å². The third kappa shape index (κ3) is 3.30. The summed E-state index contributed by atoms with van der Waals surface area (Å²) in [7, 11) is 7.65. The van der Waals surface area contributed by atoms with Crippen LogP contribution in [0.5, 0.6) is 0 Å². The fourth-order valence-corrected chi connectivity index (χ4v) is 2.41. The minimum atomic E-state index is 0.136. The van der Waals surface area contributed by atoms with Gasteiger partial charge in [-0.3, -0.25) is 0 Å². The number of likely N-dealkylation sites (N-methyl/N-ethyl adjacent to an activating group) is 2.